The lowest BCUT2D eigenvalue weighted by Gasteiger charge is -2.37. The van der Waals surface area contributed by atoms with Crippen molar-refractivity contribution < 1.29 is 0 Å². The predicted octanol–water partition coefficient (Wildman–Crippen LogP) is 3.53. The second-order valence-electron chi connectivity index (χ2n) is 6.06. The zero-order valence-corrected chi connectivity index (χ0v) is 11.6. The smallest absolute Gasteiger partial charge is 0.0374 e. The number of piperidine rings is 1. The molecule has 2 aliphatic heterocycles. The number of nitrogens with zero attached hydrogens (tertiary/aromatic N) is 1. The highest BCUT2D eigenvalue weighted by molar-refractivity contribution is 5.61. The first-order chi connectivity index (χ1) is 8.74. The van der Waals surface area contributed by atoms with E-state index in [-0.39, 0.29) is 0 Å². The van der Waals surface area contributed by atoms with Gasteiger partial charge >= 0.3 is 0 Å². The van der Waals surface area contributed by atoms with Gasteiger partial charge in [0, 0.05) is 31.0 Å². The Bertz CT molecular complexity index is 427. The van der Waals surface area contributed by atoms with Crippen LogP contribution in [0.3, 0.4) is 0 Å². The fraction of sp³-hybridized carbons (Fsp3) is 0.625. The van der Waals surface area contributed by atoms with Crippen LogP contribution in [0, 0.1) is 11.8 Å². The predicted molar refractivity (Wildman–Crippen MR) is 78.4 cm³/mol. The number of anilines is 2. The van der Waals surface area contributed by atoms with E-state index in [0.717, 1.165) is 18.4 Å². The van der Waals surface area contributed by atoms with E-state index in [2.05, 4.69) is 42.3 Å². The third-order valence-electron chi connectivity index (χ3n) is 4.73. The lowest BCUT2D eigenvalue weighted by Crippen LogP contribution is -2.38. The molecule has 0 radical (unpaired) electrons. The number of hydrogen-bond acceptors (Lipinski definition) is 2. The van der Waals surface area contributed by atoms with Crippen LogP contribution in [0.2, 0.25) is 0 Å². The molecule has 0 aromatic heterocycles. The molecule has 0 saturated carbocycles. The molecule has 2 aliphatic rings. The summed E-state index contributed by atoms with van der Waals surface area (Å²) in [6.45, 7) is 8.34. The summed E-state index contributed by atoms with van der Waals surface area (Å²) in [5.74, 6) is 1.69. The zero-order chi connectivity index (χ0) is 12.5. The van der Waals surface area contributed by atoms with Crippen molar-refractivity contribution in [3.05, 3.63) is 23.8 Å². The van der Waals surface area contributed by atoms with Crippen molar-refractivity contribution in [3.63, 3.8) is 0 Å². The third kappa shape index (κ3) is 2.21. The van der Waals surface area contributed by atoms with Crippen molar-refractivity contribution >= 4 is 11.4 Å². The minimum absolute atomic E-state index is 0.813. The summed E-state index contributed by atoms with van der Waals surface area (Å²) in [4.78, 5) is 2.57. The molecule has 2 atom stereocenters. The van der Waals surface area contributed by atoms with E-state index < -0.39 is 0 Å². The van der Waals surface area contributed by atoms with E-state index >= 15 is 0 Å². The first-order valence-corrected chi connectivity index (χ1v) is 7.36. The van der Waals surface area contributed by atoms with Gasteiger partial charge in [-0.25, -0.2) is 0 Å². The maximum absolute atomic E-state index is 3.49. The standard InChI is InChI=1S/C16H24N2/c1-12-7-9-18(11-13(12)2)15-5-6-16-14(10-15)4-3-8-17-16/h5-6,10,12-13,17H,3-4,7-9,11H2,1-2H3. The monoisotopic (exact) mass is 244 g/mol. The molecule has 2 unspecified atom stereocenters. The highest BCUT2D eigenvalue weighted by Gasteiger charge is 2.23. The van der Waals surface area contributed by atoms with E-state index in [1.165, 1.54) is 49.3 Å². The fourth-order valence-electron chi connectivity index (χ4n) is 3.16. The lowest BCUT2D eigenvalue weighted by molar-refractivity contribution is 0.324. The molecule has 2 heterocycles. The zero-order valence-electron chi connectivity index (χ0n) is 11.6. The molecule has 2 heteroatoms. The number of nitrogens with one attached hydrogen (secondary N) is 1. The summed E-state index contributed by atoms with van der Waals surface area (Å²) < 4.78 is 0. The van der Waals surface area contributed by atoms with Crippen molar-refractivity contribution in [1.29, 1.82) is 0 Å². The molecule has 98 valence electrons. The topological polar surface area (TPSA) is 15.3 Å². The summed E-state index contributed by atoms with van der Waals surface area (Å²) in [6.07, 6.45) is 3.83. The Morgan fingerprint density at radius 2 is 2.11 bits per heavy atom. The fourth-order valence-corrected chi connectivity index (χ4v) is 3.16. The van der Waals surface area contributed by atoms with Gasteiger partial charge in [0.2, 0.25) is 0 Å². The molecule has 2 nitrogen and oxygen atoms in total. The molecule has 1 aromatic rings. The Balaban J connectivity index is 1.80. The van der Waals surface area contributed by atoms with E-state index in [0.29, 0.717) is 0 Å². The lowest BCUT2D eigenvalue weighted by atomic mass is 9.88. The van der Waals surface area contributed by atoms with Crippen LogP contribution in [0.5, 0.6) is 0 Å². The maximum Gasteiger partial charge on any atom is 0.0374 e. The van der Waals surface area contributed by atoms with Gasteiger partial charge < -0.3 is 10.2 Å². The van der Waals surface area contributed by atoms with Crippen LogP contribution in [-0.2, 0) is 6.42 Å². The van der Waals surface area contributed by atoms with Crippen LogP contribution in [-0.4, -0.2) is 19.6 Å². The molecule has 1 fully saturated rings. The number of rotatable bonds is 1. The van der Waals surface area contributed by atoms with Gasteiger partial charge in [0.15, 0.2) is 0 Å². The molecule has 3 rings (SSSR count). The largest absolute Gasteiger partial charge is 0.385 e. The third-order valence-corrected chi connectivity index (χ3v) is 4.73. The van der Waals surface area contributed by atoms with E-state index in [4.69, 9.17) is 0 Å². The van der Waals surface area contributed by atoms with Crippen LogP contribution < -0.4 is 10.2 Å². The van der Waals surface area contributed by atoms with Gasteiger partial charge in [0.05, 0.1) is 0 Å². The number of hydrogen-bond donors (Lipinski definition) is 1. The summed E-state index contributed by atoms with van der Waals surface area (Å²) >= 11 is 0. The van der Waals surface area contributed by atoms with Crippen molar-refractivity contribution in [2.24, 2.45) is 11.8 Å². The molecule has 0 bridgehead atoms. The SMILES string of the molecule is CC1CCN(c2ccc3c(c2)CCCN3)CC1C. The molecule has 1 N–H and O–H groups in total. The average Bonchev–Trinajstić information content (AvgIpc) is 2.41. The van der Waals surface area contributed by atoms with Gasteiger partial charge in [-0.1, -0.05) is 13.8 Å². The van der Waals surface area contributed by atoms with Crippen molar-refractivity contribution in [2.75, 3.05) is 29.9 Å². The number of aryl methyl sites for hydroxylation is 1. The first kappa shape index (κ1) is 11.9. The van der Waals surface area contributed by atoms with Crippen molar-refractivity contribution in [1.82, 2.24) is 0 Å². The highest BCUT2D eigenvalue weighted by atomic mass is 15.1. The van der Waals surface area contributed by atoms with Crippen LogP contribution in [0.4, 0.5) is 11.4 Å². The minimum Gasteiger partial charge on any atom is -0.385 e. The number of benzene rings is 1. The Hall–Kier alpha value is -1.18. The van der Waals surface area contributed by atoms with Crippen LogP contribution in [0.15, 0.2) is 18.2 Å². The summed E-state index contributed by atoms with van der Waals surface area (Å²) in [7, 11) is 0. The molecule has 1 aromatic carbocycles. The second kappa shape index (κ2) is 4.83. The van der Waals surface area contributed by atoms with Gasteiger partial charge in [-0.3, -0.25) is 0 Å². The molecule has 0 amide bonds. The van der Waals surface area contributed by atoms with Gasteiger partial charge in [-0.15, -0.1) is 0 Å². The minimum atomic E-state index is 0.813. The highest BCUT2D eigenvalue weighted by Crippen LogP contribution is 2.31. The first-order valence-electron chi connectivity index (χ1n) is 7.36. The summed E-state index contributed by atoms with van der Waals surface area (Å²) in [5, 5.41) is 3.49. The van der Waals surface area contributed by atoms with Crippen molar-refractivity contribution in [2.45, 2.75) is 33.1 Å². The molecule has 0 aliphatic carbocycles. The Morgan fingerprint density at radius 1 is 1.22 bits per heavy atom. The van der Waals surface area contributed by atoms with Crippen LogP contribution in [0.1, 0.15) is 32.3 Å². The molecular formula is C16H24N2. The van der Waals surface area contributed by atoms with Crippen molar-refractivity contribution in [3.8, 4) is 0 Å². The van der Waals surface area contributed by atoms with Crippen LogP contribution >= 0.6 is 0 Å². The normalized spacial score (nSPS) is 27.6. The van der Waals surface area contributed by atoms with E-state index in [1.807, 2.05) is 0 Å². The average molecular weight is 244 g/mol. The quantitative estimate of drug-likeness (QED) is 0.813. The van der Waals surface area contributed by atoms with Gasteiger partial charge in [-0.05, 0) is 54.9 Å². The molecule has 1 saturated heterocycles. The van der Waals surface area contributed by atoms with E-state index in [1.54, 1.807) is 0 Å². The summed E-state index contributed by atoms with van der Waals surface area (Å²) in [5.41, 5.74) is 4.28. The molecular weight excluding hydrogens is 220 g/mol. The Morgan fingerprint density at radius 3 is 2.94 bits per heavy atom. The Labute approximate surface area is 110 Å². The van der Waals surface area contributed by atoms with E-state index in [9.17, 15) is 0 Å². The Kier molecular flexibility index (Phi) is 3.19. The molecule has 18 heavy (non-hydrogen) atoms. The summed E-state index contributed by atoms with van der Waals surface area (Å²) in [6, 6.07) is 6.97. The van der Waals surface area contributed by atoms with Gasteiger partial charge in [-0.2, -0.15) is 0 Å². The van der Waals surface area contributed by atoms with Crippen LogP contribution in [0.25, 0.3) is 0 Å². The van der Waals surface area contributed by atoms with Gasteiger partial charge in [0.25, 0.3) is 0 Å². The maximum atomic E-state index is 3.49. The number of fused-ring (bicyclic) bond motifs is 1. The second-order valence-corrected chi connectivity index (χ2v) is 6.06. The van der Waals surface area contributed by atoms with Gasteiger partial charge in [0.1, 0.15) is 0 Å². The molecule has 0 spiro atoms.